The van der Waals surface area contributed by atoms with Crippen LogP contribution in [0.3, 0.4) is 0 Å². The van der Waals surface area contributed by atoms with Gasteiger partial charge in [-0.05, 0) is 30.2 Å². The van der Waals surface area contributed by atoms with Crippen molar-refractivity contribution in [3.8, 4) is 5.75 Å². The summed E-state index contributed by atoms with van der Waals surface area (Å²) < 4.78 is 0. The van der Waals surface area contributed by atoms with Crippen LogP contribution in [0.25, 0.3) is 6.08 Å². The molecule has 0 atom stereocenters. The third-order valence-corrected chi connectivity index (χ3v) is 1.94. The van der Waals surface area contributed by atoms with Gasteiger partial charge in [-0.3, -0.25) is 0 Å². The van der Waals surface area contributed by atoms with Gasteiger partial charge in [-0.15, -0.1) is 0 Å². The molecule has 2 N–H and O–H groups in total. The zero-order chi connectivity index (χ0) is 9.84. The first-order valence-electron chi connectivity index (χ1n) is 3.90. The molecule has 1 rings (SSSR count). The van der Waals surface area contributed by atoms with E-state index in [0.29, 0.717) is 5.02 Å². The molecule has 0 aromatic heterocycles. The maximum Gasteiger partial charge on any atom is 0.134 e. The molecular formula is C10H11ClO2. The van der Waals surface area contributed by atoms with Gasteiger partial charge in [0.05, 0.1) is 11.6 Å². The standard InChI is InChI=1S/C10H11ClO2/c1-7(6-12)4-8-2-3-10(13)9(11)5-8/h2-5,12-13H,6H2,1H3/b7-4-. The molecule has 0 spiro atoms. The van der Waals surface area contributed by atoms with Crippen LogP contribution in [-0.2, 0) is 0 Å². The summed E-state index contributed by atoms with van der Waals surface area (Å²) in [5, 5.41) is 18.2. The number of hydrogen-bond acceptors (Lipinski definition) is 2. The number of phenolic OH excluding ortho intramolecular Hbond substituents is 1. The second-order valence-corrected chi connectivity index (χ2v) is 3.27. The van der Waals surface area contributed by atoms with Gasteiger partial charge >= 0.3 is 0 Å². The average Bonchev–Trinajstić information content (AvgIpc) is 2.11. The van der Waals surface area contributed by atoms with Crippen molar-refractivity contribution in [1.82, 2.24) is 0 Å². The Labute approximate surface area is 82.1 Å². The number of benzene rings is 1. The molecule has 0 amide bonds. The Kier molecular flexibility index (Phi) is 3.34. The van der Waals surface area contributed by atoms with Crippen molar-refractivity contribution in [2.24, 2.45) is 0 Å². The lowest BCUT2D eigenvalue weighted by molar-refractivity contribution is 0.332. The number of aromatic hydroxyl groups is 1. The third kappa shape index (κ3) is 2.76. The van der Waals surface area contributed by atoms with Crippen molar-refractivity contribution >= 4 is 17.7 Å². The number of phenols is 1. The van der Waals surface area contributed by atoms with Crippen LogP contribution in [0, 0.1) is 0 Å². The Hall–Kier alpha value is -0.990. The molecule has 0 fully saturated rings. The molecule has 13 heavy (non-hydrogen) atoms. The minimum atomic E-state index is 0.0263. The van der Waals surface area contributed by atoms with Crippen molar-refractivity contribution in [1.29, 1.82) is 0 Å². The van der Waals surface area contributed by atoms with E-state index in [1.165, 1.54) is 6.07 Å². The Bertz CT molecular complexity index is 332. The highest BCUT2D eigenvalue weighted by molar-refractivity contribution is 6.32. The number of halogens is 1. The van der Waals surface area contributed by atoms with Gasteiger partial charge in [0.1, 0.15) is 5.75 Å². The second kappa shape index (κ2) is 4.30. The number of aliphatic hydroxyl groups is 1. The van der Waals surface area contributed by atoms with E-state index in [2.05, 4.69) is 0 Å². The highest BCUT2D eigenvalue weighted by Gasteiger charge is 1.97. The van der Waals surface area contributed by atoms with Crippen LogP contribution in [0.15, 0.2) is 23.8 Å². The molecule has 1 aromatic rings. The van der Waals surface area contributed by atoms with Gasteiger partial charge in [0.25, 0.3) is 0 Å². The van der Waals surface area contributed by atoms with E-state index >= 15 is 0 Å². The molecular weight excluding hydrogens is 188 g/mol. The maximum absolute atomic E-state index is 9.13. The summed E-state index contributed by atoms with van der Waals surface area (Å²) in [6.07, 6.45) is 1.81. The molecule has 3 heteroatoms. The molecule has 0 unspecified atom stereocenters. The van der Waals surface area contributed by atoms with Gasteiger partial charge in [-0.1, -0.05) is 23.7 Å². The highest BCUT2D eigenvalue weighted by atomic mass is 35.5. The zero-order valence-electron chi connectivity index (χ0n) is 7.29. The Morgan fingerprint density at radius 2 is 2.23 bits per heavy atom. The largest absolute Gasteiger partial charge is 0.506 e. The summed E-state index contributed by atoms with van der Waals surface area (Å²) >= 11 is 5.70. The Morgan fingerprint density at radius 1 is 1.54 bits per heavy atom. The quantitative estimate of drug-likeness (QED) is 0.767. The van der Waals surface area contributed by atoms with Gasteiger partial charge < -0.3 is 10.2 Å². The van der Waals surface area contributed by atoms with E-state index in [4.69, 9.17) is 21.8 Å². The molecule has 0 heterocycles. The fourth-order valence-corrected chi connectivity index (χ4v) is 1.13. The van der Waals surface area contributed by atoms with Crippen LogP contribution in [-0.4, -0.2) is 16.8 Å². The average molecular weight is 199 g/mol. The van der Waals surface area contributed by atoms with E-state index in [-0.39, 0.29) is 12.4 Å². The Morgan fingerprint density at radius 3 is 2.77 bits per heavy atom. The van der Waals surface area contributed by atoms with Crippen molar-refractivity contribution < 1.29 is 10.2 Å². The molecule has 0 aliphatic carbocycles. The Balaban J connectivity index is 2.98. The number of aliphatic hydroxyl groups excluding tert-OH is 1. The summed E-state index contributed by atoms with van der Waals surface area (Å²) in [6.45, 7) is 1.85. The lowest BCUT2D eigenvalue weighted by Crippen LogP contribution is -1.83. The summed E-state index contributed by atoms with van der Waals surface area (Å²) in [5.74, 6) is 0.0699. The summed E-state index contributed by atoms with van der Waals surface area (Å²) in [6, 6.07) is 4.91. The minimum Gasteiger partial charge on any atom is -0.506 e. The van der Waals surface area contributed by atoms with Crippen LogP contribution in [0.2, 0.25) is 5.02 Å². The second-order valence-electron chi connectivity index (χ2n) is 2.86. The van der Waals surface area contributed by atoms with Gasteiger partial charge in [0, 0.05) is 0 Å². The fourth-order valence-electron chi connectivity index (χ4n) is 0.943. The lowest BCUT2D eigenvalue weighted by Gasteiger charge is -1.99. The van der Waals surface area contributed by atoms with Crippen LogP contribution in [0.1, 0.15) is 12.5 Å². The van der Waals surface area contributed by atoms with Crippen molar-refractivity contribution in [2.45, 2.75) is 6.92 Å². The smallest absolute Gasteiger partial charge is 0.134 e. The SMILES string of the molecule is C/C(=C/c1ccc(O)c(Cl)c1)CO. The summed E-state index contributed by atoms with van der Waals surface area (Å²) in [5.41, 5.74) is 1.72. The topological polar surface area (TPSA) is 40.5 Å². The predicted octanol–water partition coefficient (Wildman–Crippen LogP) is 2.44. The van der Waals surface area contributed by atoms with E-state index in [1.807, 2.05) is 13.0 Å². The minimum absolute atomic E-state index is 0.0263. The number of rotatable bonds is 2. The summed E-state index contributed by atoms with van der Waals surface area (Å²) in [7, 11) is 0. The first-order valence-corrected chi connectivity index (χ1v) is 4.28. The van der Waals surface area contributed by atoms with E-state index < -0.39 is 0 Å². The van der Waals surface area contributed by atoms with Gasteiger partial charge in [-0.25, -0.2) is 0 Å². The molecule has 0 saturated heterocycles. The van der Waals surface area contributed by atoms with E-state index in [9.17, 15) is 0 Å². The predicted molar refractivity (Wildman–Crippen MR) is 53.9 cm³/mol. The highest BCUT2D eigenvalue weighted by Crippen LogP contribution is 2.24. The molecule has 1 aromatic carbocycles. The van der Waals surface area contributed by atoms with Crippen molar-refractivity contribution in [3.63, 3.8) is 0 Å². The molecule has 2 nitrogen and oxygen atoms in total. The molecule has 0 bridgehead atoms. The van der Waals surface area contributed by atoms with Gasteiger partial charge in [0.2, 0.25) is 0 Å². The third-order valence-electron chi connectivity index (χ3n) is 1.63. The van der Waals surface area contributed by atoms with Crippen molar-refractivity contribution in [2.75, 3.05) is 6.61 Å². The molecule has 0 aliphatic rings. The maximum atomic E-state index is 9.13. The monoisotopic (exact) mass is 198 g/mol. The fraction of sp³-hybridized carbons (Fsp3) is 0.200. The molecule has 0 saturated carbocycles. The van der Waals surface area contributed by atoms with Crippen LogP contribution >= 0.6 is 11.6 Å². The van der Waals surface area contributed by atoms with Crippen LogP contribution < -0.4 is 0 Å². The first-order chi connectivity index (χ1) is 6.13. The van der Waals surface area contributed by atoms with Gasteiger partial charge in [-0.2, -0.15) is 0 Å². The lowest BCUT2D eigenvalue weighted by atomic mass is 10.1. The van der Waals surface area contributed by atoms with Gasteiger partial charge in [0.15, 0.2) is 0 Å². The summed E-state index contributed by atoms with van der Waals surface area (Å²) in [4.78, 5) is 0. The van der Waals surface area contributed by atoms with Crippen molar-refractivity contribution in [3.05, 3.63) is 34.4 Å². The molecule has 70 valence electrons. The number of hydrogen-bond donors (Lipinski definition) is 2. The molecule has 0 radical (unpaired) electrons. The van der Waals surface area contributed by atoms with E-state index in [1.54, 1.807) is 12.1 Å². The van der Waals surface area contributed by atoms with E-state index in [0.717, 1.165) is 11.1 Å². The molecule has 0 aliphatic heterocycles. The van der Waals surface area contributed by atoms with Crippen LogP contribution in [0.4, 0.5) is 0 Å². The first kappa shape index (κ1) is 10.1. The van der Waals surface area contributed by atoms with Crippen LogP contribution in [0.5, 0.6) is 5.75 Å². The normalized spacial score (nSPS) is 11.8. The zero-order valence-corrected chi connectivity index (χ0v) is 8.04.